The lowest BCUT2D eigenvalue weighted by Gasteiger charge is -2.37. The molecule has 2 aromatic carbocycles. The molecule has 0 radical (unpaired) electrons. The van der Waals surface area contributed by atoms with Gasteiger partial charge in [0, 0.05) is 55.9 Å². The van der Waals surface area contributed by atoms with Gasteiger partial charge in [-0.25, -0.2) is 0 Å². The molecule has 9 atom stereocenters. The van der Waals surface area contributed by atoms with Gasteiger partial charge >= 0.3 is 5.97 Å². The molecule has 1 spiro atoms. The molecular formula is C39H53N5O12Si. The Kier molecular flexibility index (Phi) is 12.8. The molecule has 0 aliphatic carbocycles. The zero-order valence-corrected chi connectivity index (χ0v) is 33.8. The molecule has 2 fully saturated rings. The average molecular weight is 812 g/mol. The highest BCUT2D eigenvalue weighted by atomic mass is 28.3. The number of carbonyl (C=O) groups is 3. The van der Waals surface area contributed by atoms with Gasteiger partial charge in [0.05, 0.1) is 39.8 Å². The second-order valence-electron chi connectivity index (χ2n) is 15.5. The SMILES string of the molecule is COC(=O)CCCCN1C(=O)[C@@]2(O[C@@H](CCn3cc(CCO)nn3)[C@H]([Si](C)(C)c3ccc(OC)cc3)[C@H]2C)c2cc(NC(=O)[C@H]3O[C@@H](O)[C@H](O)[C@@H](O)[C@@H]3O)ccc21. The van der Waals surface area contributed by atoms with Crippen LogP contribution < -0.4 is 20.1 Å². The van der Waals surface area contributed by atoms with Gasteiger partial charge in [0.15, 0.2) is 18.0 Å². The number of nitrogens with zero attached hydrogens (tertiary/aromatic N) is 4. The number of methoxy groups -OCH3 is 2. The number of rotatable bonds is 15. The summed E-state index contributed by atoms with van der Waals surface area (Å²) in [5, 5.41) is 62.5. The maximum atomic E-state index is 15.1. The van der Waals surface area contributed by atoms with Crippen LogP contribution in [0.4, 0.5) is 11.4 Å². The fraction of sp³-hybridized carbons (Fsp3) is 0.564. The molecule has 6 rings (SSSR count). The summed E-state index contributed by atoms with van der Waals surface area (Å²) in [5.41, 5.74) is 0.393. The number of aromatic nitrogens is 3. The lowest BCUT2D eigenvalue weighted by Crippen LogP contribution is -2.60. The minimum atomic E-state index is -2.52. The molecule has 0 saturated carbocycles. The predicted octanol–water partition coefficient (Wildman–Crippen LogP) is 0.556. The van der Waals surface area contributed by atoms with Crippen LogP contribution in [0.5, 0.6) is 5.75 Å². The van der Waals surface area contributed by atoms with Crippen molar-refractivity contribution in [3.63, 3.8) is 0 Å². The van der Waals surface area contributed by atoms with Crippen LogP contribution in [0.3, 0.4) is 0 Å². The number of hydrogen-bond acceptors (Lipinski definition) is 14. The van der Waals surface area contributed by atoms with Gasteiger partial charge < -0.3 is 54.7 Å². The lowest BCUT2D eigenvalue weighted by molar-refractivity contribution is -0.274. The molecule has 3 aromatic rings. The van der Waals surface area contributed by atoms with Gasteiger partial charge in [0.2, 0.25) is 0 Å². The van der Waals surface area contributed by atoms with E-state index in [4.69, 9.17) is 18.9 Å². The molecule has 3 aliphatic heterocycles. The third-order valence-electron chi connectivity index (χ3n) is 11.8. The fourth-order valence-corrected chi connectivity index (χ4v) is 12.8. The number of amides is 2. The van der Waals surface area contributed by atoms with Gasteiger partial charge in [-0.2, -0.15) is 0 Å². The van der Waals surface area contributed by atoms with E-state index in [1.54, 1.807) is 41.1 Å². The smallest absolute Gasteiger partial charge is 0.305 e. The second-order valence-corrected chi connectivity index (χ2v) is 20.2. The molecule has 2 saturated heterocycles. The van der Waals surface area contributed by atoms with Gasteiger partial charge in [-0.3, -0.25) is 19.1 Å². The first-order valence-electron chi connectivity index (χ1n) is 19.2. The fourth-order valence-electron chi connectivity index (χ4n) is 8.75. The van der Waals surface area contributed by atoms with Crippen LogP contribution in [0, 0.1) is 5.92 Å². The van der Waals surface area contributed by atoms with Gasteiger partial charge in [0.1, 0.15) is 24.1 Å². The van der Waals surface area contributed by atoms with Crippen molar-refractivity contribution in [1.82, 2.24) is 15.0 Å². The van der Waals surface area contributed by atoms with Crippen molar-refractivity contribution in [2.45, 2.75) is 107 Å². The van der Waals surface area contributed by atoms with Crippen LogP contribution in [0.1, 0.15) is 43.9 Å². The third-order valence-corrected chi connectivity index (χ3v) is 16.1. The van der Waals surface area contributed by atoms with Crippen molar-refractivity contribution in [3.05, 3.63) is 59.9 Å². The number of fused-ring (bicyclic) bond motifs is 2. The summed E-state index contributed by atoms with van der Waals surface area (Å²) < 4.78 is 24.3. The Hall–Kier alpha value is -4.27. The van der Waals surface area contributed by atoms with Gasteiger partial charge in [0.25, 0.3) is 11.8 Å². The number of carbonyl (C=O) groups excluding carboxylic acids is 3. The summed E-state index contributed by atoms with van der Waals surface area (Å²) in [6.45, 7) is 7.21. The number of aliphatic hydroxyl groups is 5. The first-order chi connectivity index (χ1) is 27.2. The number of ether oxygens (including phenoxy) is 4. The van der Waals surface area contributed by atoms with Crippen molar-refractivity contribution >= 4 is 42.4 Å². The first kappa shape index (κ1) is 42.3. The number of nitrogens with one attached hydrogen (secondary N) is 1. The van der Waals surface area contributed by atoms with E-state index in [-0.39, 0.29) is 48.6 Å². The number of aliphatic hydroxyl groups excluding tert-OH is 5. The monoisotopic (exact) mass is 811 g/mol. The van der Waals surface area contributed by atoms with Crippen molar-refractivity contribution in [2.75, 3.05) is 37.6 Å². The minimum absolute atomic E-state index is 0.0569. The molecular weight excluding hydrogens is 759 g/mol. The number of benzene rings is 2. The largest absolute Gasteiger partial charge is 0.497 e. The van der Waals surface area contributed by atoms with Gasteiger partial charge in [-0.15, -0.1) is 5.10 Å². The summed E-state index contributed by atoms with van der Waals surface area (Å²) >= 11 is 0. The Morgan fingerprint density at radius 2 is 1.74 bits per heavy atom. The summed E-state index contributed by atoms with van der Waals surface area (Å²) in [4.78, 5) is 42.2. The van der Waals surface area contributed by atoms with E-state index < -0.39 is 56.4 Å². The number of aryl methyl sites for hydroxylation is 1. The summed E-state index contributed by atoms with van der Waals surface area (Å²) in [6.07, 6.45) is -5.73. The second kappa shape index (κ2) is 17.3. The number of unbranched alkanes of at least 4 members (excludes halogenated alkanes) is 1. The average Bonchev–Trinajstić information content (AvgIpc) is 3.85. The van der Waals surface area contributed by atoms with Crippen LogP contribution in [0.2, 0.25) is 18.6 Å². The molecule has 6 N–H and O–H groups in total. The number of hydrogen-bond donors (Lipinski definition) is 6. The minimum Gasteiger partial charge on any atom is -0.497 e. The highest BCUT2D eigenvalue weighted by Crippen LogP contribution is 2.60. The maximum Gasteiger partial charge on any atom is 0.305 e. The summed E-state index contributed by atoms with van der Waals surface area (Å²) in [6, 6.07) is 13.0. The molecule has 0 unspecified atom stereocenters. The van der Waals surface area contributed by atoms with Crippen molar-refractivity contribution in [1.29, 1.82) is 0 Å². The molecule has 3 aliphatic rings. The highest BCUT2D eigenvalue weighted by molar-refractivity contribution is 6.91. The topological polar surface area (TPSA) is 235 Å². The van der Waals surface area contributed by atoms with Gasteiger partial charge in [-0.1, -0.05) is 42.6 Å². The van der Waals surface area contributed by atoms with E-state index in [0.717, 1.165) is 10.9 Å². The van der Waals surface area contributed by atoms with Crippen molar-refractivity contribution in [2.24, 2.45) is 5.92 Å². The van der Waals surface area contributed by atoms with Crippen LogP contribution in [0.25, 0.3) is 0 Å². The molecule has 4 heterocycles. The standard InChI is InChI=1S/C39H53N5O12Si/c1-22-35(57(4,5)26-12-10-25(53-2)11-13-26)29(15-18-43-21-24(16-19-45)41-42-43)56-39(22)27-20-23(40-36(50)34-32(48)31(47)33(49)37(51)55-34)9-14-28(27)44(38(39)52)17-7-6-8-30(46)54-3/h9-14,20-22,29,31-35,37,45,47-49,51H,6-8,15-19H2,1-5H3,(H,40,50)/t22-,29+,31+,32+,33-,34+,35-,37-,39+/m1/s1. The number of esters is 1. The Bertz CT molecular complexity index is 1910. The zero-order chi connectivity index (χ0) is 41.2. The Labute approximate surface area is 331 Å². The summed E-state index contributed by atoms with van der Waals surface area (Å²) in [5.74, 6) is -1.17. The van der Waals surface area contributed by atoms with Crippen LogP contribution in [-0.4, -0.2) is 131 Å². The van der Waals surface area contributed by atoms with E-state index in [1.165, 1.54) is 7.11 Å². The van der Waals surface area contributed by atoms with E-state index in [0.29, 0.717) is 49.2 Å². The molecule has 0 bridgehead atoms. The molecule has 17 nitrogen and oxygen atoms in total. The third kappa shape index (κ3) is 8.09. The summed E-state index contributed by atoms with van der Waals surface area (Å²) in [7, 11) is 0.424. The molecule has 57 heavy (non-hydrogen) atoms. The van der Waals surface area contributed by atoms with E-state index in [1.807, 2.05) is 19.1 Å². The van der Waals surface area contributed by atoms with E-state index in [9.17, 15) is 35.1 Å². The number of anilines is 2. The Morgan fingerprint density at radius 3 is 2.42 bits per heavy atom. The van der Waals surface area contributed by atoms with Crippen LogP contribution in [-0.2, 0) is 47.2 Å². The van der Waals surface area contributed by atoms with Crippen molar-refractivity contribution < 1.29 is 58.9 Å². The van der Waals surface area contributed by atoms with Crippen molar-refractivity contribution in [3.8, 4) is 5.75 Å². The maximum absolute atomic E-state index is 15.1. The quantitative estimate of drug-likeness (QED) is 0.0700. The Balaban J connectivity index is 1.39. The van der Waals surface area contributed by atoms with Crippen LogP contribution in [0.15, 0.2) is 48.7 Å². The predicted molar refractivity (Wildman–Crippen MR) is 207 cm³/mol. The molecule has 2 amide bonds. The van der Waals surface area contributed by atoms with Crippen LogP contribution >= 0.6 is 0 Å². The van der Waals surface area contributed by atoms with Gasteiger partial charge in [-0.05, 0) is 55.1 Å². The molecule has 310 valence electrons. The Morgan fingerprint density at radius 1 is 1.00 bits per heavy atom. The highest BCUT2D eigenvalue weighted by Gasteiger charge is 2.66. The lowest BCUT2D eigenvalue weighted by atomic mass is 9.82. The zero-order valence-electron chi connectivity index (χ0n) is 32.8. The first-order valence-corrected chi connectivity index (χ1v) is 22.3. The van der Waals surface area contributed by atoms with E-state index >= 15 is 4.79 Å². The molecule has 1 aromatic heterocycles. The normalized spacial score (nSPS) is 28.5. The molecule has 18 heteroatoms. The van der Waals surface area contributed by atoms with E-state index in [2.05, 4.69) is 40.9 Å².